The van der Waals surface area contributed by atoms with Gasteiger partial charge in [0.2, 0.25) is 0 Å². The zero-order chi connectivity index (χ0) is 15.7. The van der Waals surface area contributed by atoms with Crippen LogP contribution < -0.4 is 4.90 Å². The van der Waals surface area contributed by atoms with Gasteiger partial charge in [0.25, 0.3) is 5.91 Å². The maximum atomic E-state index is 13.0. The largest absolute Gasteiger partial charge is 0.270 e. The maximum Gasteiger partial charge on any atom is 0.270 e. The summed E-state index contributed by atoms with van der Waals surface area (Å²) in [5.41, 5.74) is 1.49. The van der Waals surface area contributed by atoms with Gasteiger partial charge in [-0.2, -0.15) is 0 Å². The van der Waals surface area contributed by atoms with E-state index in [0.29, 0.717) is 14.9 Å². The first-order valence-electron chi connectivity index (χ1n) is 6.34. The van der Waals surface area contributed by atoms with Gasteiger partial charge in [0.15, 0.2) is 4.32 Å². The molecule has 0 unspecified atom stereocenters. The van der Waals surface area contributed by atoms with Crippen LogP contribution in [-0.4, -0.2) is 10.2 Å². The molecule has 2 aromatic rings. The number of anilines is 1. The molecule has 1 saturated heterocycles. The van der Waals surface area contributed by atoms with Crippen LogP contribution in [0.4, 0.5) is 10.1 Å². The van der Waals surface area contributed by atoms with E-state index in [1.165, 1.54) is 28.8 Å². The number of benzene rings is 2. The highest BCUT2D eigenvalue weighted by Gasteiger charge is 2.33. The Morgan fingerprint density at radius 1 is 1.09 bits per heavy atom. The maximum absolute atomic E-state index is 13.0. The molecule has 0 aliphatic carbocycles. The Morgan fingerprint density at radius 2 is 1.73 bits per heavy atom. The molecular weight excluding hydrogens is 385 g/mol. The van der Waals surface area contributed by atoms with Gasteiger partial charge < -0.3 is 0 Å². The zero-order valence-corrected chi connectivity index (χ0v) is 14.3. The minimum absolute atomic E-state index is 0.190. The molecule has 1 fully saturated rings. The molecule has 22 heavy (non-hydrogen) atoms. The fraction of sp³-hybridized carbons (Fsp3) is 0. The molecule has 3 rings (SSSR count). The number of thiocarbonyl (C=S) groups is 1. The fourth-order valence-electron chi connectivity index (χ4n) is 1.99. The van der Waals surface area contributed by atoms with Gasteiger partial charge in [0, 0.05) is 4.47 Å². The van der Waals surface area contributed by atoms with Crippen LogP contribution in [0, 0.1) is 5.82 Å². The van der Waals surface area contributed by atoms with E-state index in [4.69, 9.17) is 12.2 Å². The molecule has 0 aromatic heterocycles. The molecule has 6 heteroatoms. The summed E-state index contributed by atoms with van der Waals surface area (Å²) >= 11 is 9.89. The summed E-state index contributed by atoms with van der Waals surface area (Å²) in [6.07, 6.45) is 1.80. The summed E-state index contributed by atoms with van der Waals surface area (Å²) in [6, 6.07) is 13.4. The second-order valence-electron chi connectivity index (χ2n) is 4.55. The van der Waals surface area contributed by atoms with Crippen molar-refractivity contribution >= 4 is 61.9 Å². The average molecular weight is 394 g/mol. The highest BCUT2D eigenvalue weighted by Crippen LogP contribution is 2.36. The Hall–Kier alpha value is -1.50. The van der Waals surface area contributed by atoms with Gasteiger partial charge in [0.05, 0.1) is 10.6 Å². The van der Waals surface area contributed by atoms with Crippen molar-refractivity contribution in [3.8, 4) is 0 Å². The first kappa shape index (κ1) is 15.4. The fourth-order valence-corrected chi connectivity index (χ4v) is 3.55. The molecule has 1 amide bonds. The van der Waals surface area contributed by atoms with E-state index >= 15 is 0 Å². The number of carbonyl (C=O) groups is 1. The van der Waals surface area contributed by atoms with Crippen LogP contribution in [0.1, 0.15) is 5.56 Å². The van der Waals surface area contributed by atoms with Crippen LogP contribution in [0.25, 0.3) is 6.08 Å². The summed E-state index contributed by atoms with van der Waals surface area (Å²) in [5, 5.41) is 0. The van der Waals surface area contributed by atoms with Crippen LogP contribution in [0.5, 0.6) is 0 Å². The zero-order valence-electron chi connectivity index (χ0n) is 11.1. The van der Waals surface area contributed by atoms with Crippen molar-refractivity contribution in [2.75, 3.05) is 4.90 Å². The topological polar surface area (TPSA) is 20.3 Å². The summed E-state index contributed by atoms with van der Waals surface area (Å²) in [5.74, 6) is -0.538. The van der Waals surface area contributed by atoms with Crippen molar-refractivity contribution in [1.29, 1.82) is 0 Å². The minimum atomic E-state index is -0.348. The molecule has 0 saturated carbocycles. The van der Waals surface area contributed by atoms with Gasteiger partial charge in [-0.1, -0.05) is 52.0 Å². The Labute approximate surface area is 145 Å². The third kappa shape index (κ3) is 3.14. The first-order valence-corrected chi connectivity index (χ1v) is 8.35. The van der Waals surface area contributed by atoms with Gasteiger partial charge in [0.1, 0.15) is 5.82 Å². The Balaban J connectivity index is 1.91. The van der Waals surface area contributed by atoms with Crippen LogP contribution in [0.15, 0.2) is 57.9 Å². The number of rotatable bonds is 2. The van der Waals surface area contributed by atoms with E-state index in [2.05, 4.69) is 15.9 Å². The molecule has 0 spiro atoms. The van der Waals surface area contributed by atoms with Crippen molar-refractivity contribution < 1.29 is 9.18 Å². The molecule has 0 radical (unpaired) electrons. The molecule has 2 nitrogen and oxygen atoms in total. The van der Waals surface area contributed by atoms with Crippen LogP contribution in [0.3, 0.4) is 0 Å². The van der Waals surface area contributed by atoms with Crippen molar-refractivity contribution in [3.63, 3.8) is 0 Å². The number of amides is 1. The highest BCUT2D eigenvalue weighted by molar-refractivity contribution is 9.10. The molecule has 2 aromatic carbocycles. The number of hydrogen-bond donors (Lipinski definition) is 0. The lowest BCUT2D eigenvalue weighted by molar-refractivity contribution is -0.113. The smallest absolute Gasteiger partial charge is 0.268 e. The third-order valence-electron chi connectivity index (χ3n) is 3.05. The molecule has 0 atom stereocenters. The van der Waals surface area contributed by atoms with Gasteiger partial charge in [-0.3, -0.25) is 9.69 Å². The van der Waals surface area contributed by atoms with Crippen LogP contribution in [0.2, 0.25) is 0 Å². The average Bonchev–Trinajstić information content (AvgIpc) is 2.77. The quantitative estimate of drug-likeness (QED) is 0.529. The molecule has 1 heterocycles. The van der Waals surface area contributed by atoms with Crippen molar-refractivity contribution in [3.05, 3.63) is 69.3 Å². The minimum Gasteiger partial charge on any atom is -0.268 e. The van der Waals surface area contributed by atoms with Gasteiger partial charge in [-0.05, 0) is 48.0 Å². The van der Waals surface area contributed by atoms with Crippen LogP contribution in [-0.2, 0) is 4.79 Å². The molecule has 110 valence electrons. The van der Waals surface area contributed by atoms with Gasteiger partial charge in [-0.15, -0.1) is 0 Å². The Morgan fingerprint density at radius 3 is 2.36 bits per heavy atom. The van der Waals surface area contributed by atoms with E-state index in [1.54, 1.807) is 18.2 Å². The van der Waals surface area contributed by atoms with Gasteiger partial charge in [-0.25, -0.2) is 4.39 Å². The van der Waals surface area contributed by atoms with E-state index in [9.17, 15) is 9.18 Å². The van der Waals surface area contributed by atoms with E-state index in [1.807, 2.05) is 24.3 Å². The van der Waals surface area contributed by atoms with E-state index in [0.717, 1.165) is 10.0 Å². The van der Waals surface area contributed by atoms with Crippen LogP contribution >= 0.6 is 39.9 Å². The first-order chi connectivity index (χ1) is 10.5. The van der Waals surface area contributed by atoms with Crippen molar-refractivity contribution in [2.24, 2.45) is 0 Å². The van der Waals surface area contributed by atoms with Crippen molar-refractivity contribution in [1.82, 2.24) is 0 Å². The predicted octanol–water partition coefficient (Wildman–Crippen LogP) is 4.99. The monoisotopic (exact) mass is 393 g/mol. The number of thioether (sulfide) groups is 1. The summed E-state index contributed by atoms with van der Waals surface area (Å²) in [6.45, 7) is 0. The second-order valence-corrected chi connectivity index (χ2v) is 7.14. The SMILES string of the molecule is O=C1/C(=C/c2ccc(Br)cc2)SC(=S)N1c1ccc(F)cc1. The lowest BCUT2D eigenvalue weighted by Gasteiger charge is -2.14. The molecule has 0 bridgehead atoms. The standard InChI is InChI=1S/C16H9BrFNOS2/c17-11-3-1-10(2-4-11)9-14-15(20)19(16(21)22-14)13-7-5-12(18)6-8-13/h1-9H/b14-9-. The van der Waals surface area contributed by atoms with E-state index < -0.39 is 0 Å². The third-order valence-corrected chi connectivity index (χ3v) is 4.88. The number of carbonyl (C=O) groups excluding carboxylic acids is 1. The predicted molar refractivity (Wildman–Crippen MR) is 96.2 cm³/mol. The normalized spacial score (nSPS) is 16.6. The summed E-state index contributed by atoms with van der Waals surface area (Å²) < 4.78 is 14.4. The van der Waals surface area contributed by atoms with E-state index in [-0.39, 0.29) is 11.7 Å². The lowest BCUT2D eigenvalue weighted by Crippen LogP contribution is -2.27. The van der Waals surface area contributed by atoms with Gasteiger partial charge >= 0.3 is 0 Å². The molecule has 0 N–H and O–H groups in total. The molecule has 1 aliphatic rings. The number of hydrogen-bond acceptors (Lipinski definition) is 3. The molecule has 1 aliphatic heterocycles. The highest BCUT2D eigenvalue weighted by atomic mass is 79.9. The number of halogens is 2. The number of nitrogens with zero attached hydrogens (tertiary/aromatic N) is 1. The molecular formula is C16H9BrFNOS2. The summed E-state index contributed by atoms with van der Waals surface area (Å²) in [4.78, 5) is 14.5. The lowest BCUT2D eigenvalue weighted by atomic mass is 10.2. The Bertz CT molecular complexity index is 772. The Kier molecular flexibility index (Phi) is 4.42. The summed E-state index contributed by atoms with van der Waals surface area (Å²) in [7, 11) is 0. The second kappa shape index (κ2) is 6.32. The van der Waals surface area contributed by atoms with Crippen molar-refractivity contribution in [2.45, 2.75) is 0 Å².